The van der Waals surface area contributed by atoms with Crippen LogP contribution in [0.3, 0.4) is 0 Å². The second-order valence-corrected chi connectivity index (χ2v) is 8.77. The van der Waals surface area contributed by atoms with Crippen molar-refractivity contribution in [3.8, 4) is 0 Å². The van der Waals surface area contributed by atoms with Crippen molar-refractivity contribution in [1.82, 2.24) is 9.38 Å². The van der Waals surface area contributed by atoms with E-state index in [2.05, 4.69) is 10.3 Å². The molecule has 0 radical (unpaired) electrons. The molecule has 0 saturated carbocycles. The van der Waals surface area contributed by atoms with Crippen LogP contribution in [0.5, 0.6) is 0 Å². The van der Waals surface area contributed by atoms with Gasteiger partial charge in [0.15, 0.2) is 4.96 Å². The average molecular weight is 470 g/mol. The normalized spacial score (nSPS) is 14.7. The van der Waals surface area contributed by atoms with Crippen molar-refractivity contribution in [3.05, 3.63) is 99.1 Å². The molecule has 0 saturated heterocycles. The van der Waals surface area contributed by atoms with E-state index in [-0.39, 0.29) is 22.2 Å². The van der Waals surface area contributed by atoms with Gasteiger partial charge in [-0.2, -0.15) is 0 Å². The van der Waals surface area contributed by atoms with E-state index in [1.807, 2.05) is 24.3 Å². The number of benzene rings is 3. The lowest BCUT2D eigenvalue weighted by atomic mass is 10.1. The first kappa shape index (κ1) is 20.3. The molecule has 9 heteroatoms. The van der Waals surface area contributed by atoms with Gasteiger partial charge in [-0.3, -0.25) is 19.3 Å². The zero-order valence-electron chi connectivity index (χ0n) is 17.5. The molecule has 0 unspecified atom stereocenters. The number of carbonyl (C=O) groups is 2. The lowest BCUT2D eigenvalue weighted by Gasteiger charge is -2.16. The molecule has 34 heavy (non-hydrogen) atoms. The number of halogens is 1. The molecular formula is C25H15FN4O3S. The highest BCUT2D eigenvalue weighted by Crippen LogP contribution is 2.35. The maximum atomic E-state index is 13.5. The Balaban J connectivity index is 1.44. The summed E-state index contributed by atoms with van der Waals surface area (Å²) >= 11 is 1.16. The summed E-state index contributed by atoms with van der Waals surface area (Å²) in [7, 11) is 0. The van der Waals surface area contributed by atoms with Crippen LogP contribution in [0.15, 0.2) is 77.6 Å². The van der Waals surface area contributed by atoms with Crippen molar-refractivity contribution in [3.63, 3.8) is 0 Å². The molecule has 0 fully saturated rings. The molecule has 1 N–H and O–H groups in total. The maximum Gasteiger partial charge on any atom is 0.275 e. The number of thiazole rings is 1. The molecule has 6 rings (SSSR count). The topological polar surface area (TPSA) is 83.8 Å². The summed E-state index contributed by atoms with van der Waals surface area (Å²) in [6.45, 7) is -0.254. The molecule has 7 nitrogen and oxygen atoms in total. The number of rotatable bonds is 3. The van der Waals surface area contributed by atoms with Crippen LogP contribution in [0.25, 0.3) is 21.6 Å². The van der Waals surface area contributed by atoms with Crippen LogP contribution in [0.4, 0.5) is 15.8 Å². The highest BCUT2D eigenvalue weighted by molar-refractivity contribution is 7.15. The van der Waals surface area contributed by atoms with Gasteiger partial charge in [-0.25, -0.2) is 13.8 Å². The number of fused-ring (bicyclic) bond motifs is 4. The second-order valence-electron chi connectivity index (χ2n) is 7.79. The van der Waals surface area contributed by atoms with E-state index in [0.717, 1.165) is 11.3 Å². The van der Waals surface area contributed by atoms with Crippen LogP contribution in [0, 0.1) is 5.82 Å². The van der Waals surface area contributed by atoms with E-state index < -0.39 is 17.6 Å². The standard InChI is InChI=1S/C25H15FN4O3S/c26-14-9-11-15(12-10-14)27-20(31)13-29-18-7-3-1-5-16(18)21(23(29)32)22-24(33)30-19-8-4-2-6-17(19)28-25(30)34-22/h1-12H,13H2,(H,27,31)/b22-21+. The summed E-state index contributed by atoms with van der Waals surface area (Å²) in [4.78, 5) is 45.9. The van der Waals surface area contributed by atoms with E-state index >= 15 is 0 Å². The summed E-state index contributed by atoms with van der Waals surface area (Å²) in [5.74, 6) is -1.28. The molecular weight excluding hydrogens is 455 g/mol. The SMILES string of the molecule is O=C(CN1C(=O)/C(=c2/sc3nc4ccccc4n3c2=O)c2ccccc21)Nc1ccc(F)cc1. The first-order chi connectivity index (χ1) is 16.5. The number of amides is 2. The number of carbonyl (C=O) groups excluding carboxylic acids is 2. The Hall–Kier alpha value is -4.37. The predicted octanol–water partition coefficient (Wildman–Crippen LogP) is 2.95. The molecule has 0 bridgehead atoms. The maximum absolute atomic E-state index is 13.5. The average Bonchev–Trinajstić information content (AvgIpc) is 3.44. The molecule has 0 spiro atoms. The van der Waals surface area contributed by atoms with E-state index in [9.17, 15) is 18.8 Å². The van der Waals surface area contributed by atoms with Crippen LogP contribution >= 0.6 is 11.3 Å². The third-order valence-corrected chi connectivity index (χ3v) is 6.74. The minimum absolute atomic E-state index is 0.254. The van der Waals surface area contributed by atoms with Gasteiger partial charge in [0.25, 0.3) is 11.5 Å². The molecule has 0 aliphatic carbocycles. The largest absolute Gasteiger partial charge is 0.325 e. The lowest BCUT2D eigenvalue weighted by Crippen LogP contribution is -2.37. The van der Waals surface area contributed by atoms with Gasteiger partial charge in [-0.15, -0.1) is 0 Å². The molecule has 2 aromatic heterocycles. The quantitative estimate of drug-likeness (QED) is 0.440. The van der Waals surface area contributed by atoms with E-state index in [1.165, 1.54) is 33.6 Å². The summed E-state index contributed by atoms with van der Waals surface area (Å²) in [6.07, 6.45) is 0. The highest BCUT2D eigenvalue weighted by Gasteiger charge is 2.35. The fourth-order valence-electron chi connectivity index (χ4n) is 4.20. The van der Waals surface area contributed by atoms with Crippen molar-refractivity contribution in [2.75, 3.05) is 16.8 Å². The third-order valence-electron chi connectivity index (χ3n) is 5.70. The van der Waals surface area contributed by atoms with E-state index in [0.29, 0.717) is 32.9 Å². The van der Waals surface area contributed by atoms with Gasteiger partial charge in [0.05, 0.1) is 22.3 Å². The molecule has 1 aliphatic rings. The van der Waals surface area contributed by atoms with Crippen LogP contribution in [0.1, 0.15) is 5.56 Å². The number of nitrogens with one attached hydrogen (secondary N) is 1. The van der Waals surface area contributed by atoms with Crippen molar-refractivity contribution >= 4 is 56.1 Å². The van der Waals surface area contributed by atoms with Gasteiger partial charge in [0, 0.05) is 11.3 Å². The third kappa shape index (κ3) is 3.09. The molecule has 0 atom stereocenters. The fourth-order valence-corrected chi connectivity index (χ4v) is 5.27. The predicted molar refractivity (Wildman–Crippen MR) is 128 cm³/mol. The first-order valence-electron chi connectivity index (χ1n) is 10.4. The van der Waals surface area contributed by atoms with Crippen molar-refractivity contribution in [1.29, 1.82) is 0 Å². The molecule has 1 aliphatic heterocycles. The van der Waals surface area contributed by atoms with Gasteiger partial charge in [-0.1, -0.05) is 41.7 Å². The van der Waals surface area contributed by atoms with Gasteiger partial charge in [-0.05, 0) is 42.5 Å². The van der Waals surface area contributed by atoms with Gasteiger partial charge in [0.2, 0.25) is 5.91 Å². The van der Waals surface area contributed by atoms with Crippen LogP contribution in [-0.2, 0) is 9.59 Å². The second kappa shape index (κ2) is 7.60. The Kier molecular flexibility index (Phi) is 4.53. The smallest absolute Gasteiger partial charge is 0.275 e. The van der Waals surface area contributed by atoms with Crippen LogP contribution < -0.4 is 20.3 Å². The summed E-state index contributed by atoms with van der Waals surface area (Å²) < 4.78 is 14.9. The molecule has 2 amide bonds. The minimum atomic E-state index is -0.440. The van der Waals surface area contributed by atoms with Crippen LogP contribution in [-0.4, -0.2) is 27.7 Å². The summed E-state index contributed by atoms with van der Waals surface area (Å²) in [5.41, 5.74) is 2.89. The Morgan fingerprint density at radius 3 is 2.53 bits per heavy atom. The van der Waals surface area contributed by atoms with Gasteiger partial charge >= 0.3 is 0 Å². The number of hydrogen-bond donors (Lipinski definition) is 1. The first-order valence-corrected chi connectivity index (χ1v) is 11.2. The number of para-hydroxylation sites is 3. The Morgan fingerprint density at radius 1 is 0.971 bits per heavy atom. The number of hydrogen-bond acceptors (Lipinski definition) is 5. The number of anilines is 2. The zero-order chi connectivity index (χ0) is 23.4. The fraction of sp³-hybridized carbons (Fsp3) is 0.0400. The Bertz CT molecular complexity index is 1740. The number of imidazole rings is 1. The van der Waals surface area contributed by atoms with E-state index in [4.69, 9.17) is 0 Å². The van der Waals surface area contributed by atoms with Crippen molar-refractivity contribution in [2.45, 2.75) is 0 Å². The number of aromatic nitrogens is 2. The van der Waals surface area contributed by atoms with Crippen molar-refractivity contribution < 1.29 is 14.0 Å². The number of nitrogens with zero attached hydrogens (tertiary/aromatic N) is 3. The minimum Gasteiger partial charge on any atom is -0.325 e. The molecule has 166 valence electrons. The monoisotopic (exact) mass is 470 g/mol. The Labute approximate surface area is 195 Å². The summed E-state index contributed by atoms with van der Waals surface area (Å²) in [6, 6.07) is 19.8. The Morgan fingerprint density at radius 2 is 1.71 bits per heavy atom. The molecule has 5 aromatic rings. The van der Waals surface area contributed by atoms with Gasteiger partial charge in [0.1, 0.15) is 16.9 Å². The molecule has 3 aromatic carbocycles. The highest BCUT2D eigenvalue weighted by atomic mass is 32.1. The zero-order valence-corrected chi connectivity index (χ0v) is 18.3. The lowest BCUT2D eigenvalue weighted by molar-refractivity contribution is -0.118. The van der Waals surface area contributed by atoms with Crippen LogP contribution in [0.2, 0.25) is 0 Å². The molecule has 3 heterocycles. The van der Waals surface area contributed by atoms with Gasteiger partial charge < -0.3 is 5.32 Å². The van der Waals surface area contributed by atoms with Crippen molar-refractivity contribution in [2.24, 2.45) is 0 Å². The summed E-state index contributed by atoms with van der Waals surface area (Å²) in [5, 5.41) is 2.67. The van der Waals surface area contributed by atoms with E-state index in [1.54, 1.807) is 24.3 Å².